The average Bonchev–Trinajstić information content (AvgIpc) is 2.75. The molecule has 1 amide bonds. The predicted octanol–water partition coefficient (Wildman–Crippen LogP) is 5.36. The molecular formula is C22H19ClN2O3. The number of ether oxygens (including phenoxy) is 2. The summed E-state index contributed by atoms with van der Waals surface area (Å²) in [6.07, 6.45) is 1.50. The lowest BCUT2D eigenvalue weighted by molar-refractivity contribution is 0.100. The predicted molar refractivity (Wildman–Crippen MR) is 112 cm³/mol. The van der Waals surface area contributed by atoms with Gasteiger partial charge in [-0.05, 0) is 72.8 Å². The minimum absolute atomic E-state index is 0.223. The smallest absolute Gasteiger partial charge is 0.263 e. The molecule has 0 aliphatic carbocycles. The fourth-order valence-electron chi connectivity index (χ4n) is 2.50. The molecule has 3 rings (SSSR count). The number of amides is 1. The number of rotatable bonds is 6. The molecule has 0 saturated heterocycles. The molecule has 0 bridgehead atoms. The Hall–Kier alpha value is -3.31. The Morgan fingerprint density at radius 2 is 1.39 bits per heavy atom. The van der Waals surface area contributed by atoms with E-state index in [0.717, 1.165) is 5.75 Å². The minimum atomic E-state index is -0.223. The van der Waals surface area contributed by atoms with E-state index < -0.39 is 0 Å². The Balaban J connectivity index is 1.93. The van der Waals surface area contributed by atoms with Crippen molar-refractivity contribution in [2.24, 2.45) is 4.99 Å². The maximum atomic E-state index is 13.1. The molecule has 3 aromatic carbocycles. The van der Waals surface area contributed by atoms with Gasteiger partial charge in [-0.1, -0.05) is 11.6 Å². The highest BCUT2D eigenvalue weighted by molar-refractivity contribution is 6.30. The van der Waals surface area contributed by atoms with Gasteiger partial charge in [-0.15, -0.1) is 0 Å². The molecule has 28 heavy (non-hydrogen) atoms. The Kier molecular flexibility index (Phi) is 6.29. The van der Waals surface area contributed by atoms with Crippen LogP contribution in [0.2, 0.25) is 5.02 Å². The summed E-state index contributed by atoms with van der Waals surface area (Å²) in [5.74, 6) is 1.22. The summed E-state index contributed by atoms with van der Waals surface area (Å²) < 4.78 is 10.3. The lowest BCUT2D eigenvalue weighted by atomic mass is 10.2. The normalized spacial score (nSPS) is 10.7. The van der Waals surface area contributed by atoms with Crippen LogP contribution in [0.25, 0.3) is 0 Å². The average molecular weight is 395 g/mol. The number of benzene rings is 3. The van der Waals surface area contributed by atoms with Gasteiger partial charge in [0, 0.05) is 10.6 Å². The van der Waals surface area contributed by atoms with Crippen molar-refractivity contribution in [3.8, 4) is 11.5 Å². The summed E-state index contributed by atoms with van der Waals surface area (Å²) in [5.41, 5.74) is 1.86. The molecule has 0 heterocycles. The molecule has 0 atom stereocenters. The molecule has 0 radical (unpaired) electrons. The highest BCUT2D eigenvalue weighted by Crippen LogP contribution is 2.22. The zero-order valence-electron chi connectivity index (χ0n) is 15.5. The zero-order valence-corrected chi connectivity index (χ0v) is 16.3. The highest BCUT2D eigenvalue weighted by atomic mass is 35.5. The van der Waals surface area contributed by atoms with Gasteiger partial charge >= 0.3 is 0 Å². The molecule has 0 saturated carbocycles. The Morgan fingerprint density at radius 3 is 1.93 bits per heavy atom. The third-order valence-electron chi connectivity index (χ3n) is 4.06. The fourth-order valence-corrected chi connectivity index (χ4v) is 2.63. The van der Waals surface area contributed by atoms with Gasteiger partial charge in [0.2, 0.25) is 0 Å². The third-order valence-corrected chi connectivity index (χ3v) is 4.31. The number of methoxy groups -OCH3 is 2. The van der Waals surface area contributed by atoms with Gasteiger partial charge in [0.05, 0.1) is 25.6 Å². The van der Waals surface area contributed by atoms with Crippen molar-refractivity contribution in [2.75, 3.05) is 19.1 Å². The Labute approximate surface area is 168 Å². The molecule has 0 N–H and O–H groups in total. The summed E-state index contributed by atoms with van der Waals surface area (Å²) in [5, 5.41) is 0.569. The monoisotopic (exact) mass is 394 g/mol. The molecule has 6 heteroatoms. The van der Waals surface area contributed by atoms with E-state index in [0.29, 0.717) is 27.7 Å². The zero-order chi connectivity index (χ0) is 19.9. The number of anilines is 1. The van der Waals surface area contributed by atoms with Crippen molar-refractivity contribution in [1.29, 1.82) is 0 Å². The first-order valence-electron chi connectivity index (χ1n) is 8.52. The SMILES string of the molecule is COc1ccc(N=CN(C(=O)c2ccc(Cl)cc2)c2ccc(OC)cc2)cc1. The topological polar surface area (TPSA) is 51.1 Å². The maximum Gasteiger partial charge on any atom is 0.263 e. The number of carbonyl (C=O) groups is 1. The van der Waals surface area contributed by atoms with Crippen molar-refractivity contribution in [3.63, 3.8) is 0 Å². The summed E-state index contributed by atoms with van der Waals surface area (Å²) >= 11 is 5.94. The maximum absolute atomic E-state index is 13.1. The quantitative estimate of drug-likeness (QED) is 0.417. The van der Waals surface area contributed by atoms with Crippen molar-refractivity contribution >= 4 is 35.2 Å². The Morgan fingerprint density at radius 1 is 0.857 bits per heavy atom. The first-order chi connectivity index (χ1) is 13.6. The van der Waals surface area contributed by atoms with Gasteiger partial charge in [0.1, 0.15) is 17.8 Å². The Bertz CT molecular complexity index is 953. The number of hydrogen-bond acceptors (Lipinski definition) is 4. The third kappa shape index (κ3) is 4.69. The number of hydrogen-bond donors (Lipinski definition) is 0. The van der Waals surface area contributed by atoms with Crippen LogP contribution in [0.1, 0.15) is 10.4 Å². The van der Waals surface area contributed by atoms with E-state index >= 15 is 0 Å². The minimum Gasteiger partial charge on any atom is -0.497 e. The number of halogens is 1. The van der Waals surface area contributed by atoms with Gasteiger partial charge in [-0.2, -0.15) is 0 Å². The van der Waals surface area contributed by atoms with Crippen molar-refractivity contribution in [3.05, 3.63) is 83.4 Å². The van der Waals surface area contributed by atoms with Crippen molar-refractivity contribution in [2.45, 2.75) is 0 Å². The van der Waals surface area contributed by atoms with Crippen LogP contribution >= 0.6 is 11.6 Å². The van der Waals surface area contributed by atoms with Gasteiger partial charge in [0.15, 0.2) is 0 Å². The molecule has 0 fully saturated rings. The van der Waals surface area contributed by atoms with E-state index in [-0.39, 0.29) is 5.91 Å². The van der Waals surface area contributed by atoms with Crippen molar-refractivity contribution < 1.29 is 14.3 Å². The van der Waals surface area contributed by atoms with Crippen LogP contribution in [0.3, 0.4) is 0 Å². The van der Waals surface area contributed by atoms with Crippen LogP contribution in [0.5, 0.6) is 11.5 Å². The highest BCUT2D eigenvalue weighted by Gasteiger charge is 2.16. The lowest BCUT2D eigenvalue weighted by Crippen LogP contribution is -2.29. The second kappa shape index (κ2) is 9.06. The first kappa shape index (κ1) is 19.5. The number of carbonyl (C=O) groups excluding carboxylic acids is 1. The second-order valence-corrected chi connectivity index (χ2v) is 6.26. The molecule has 0 aliphatic rings. The van der Waals surface area contributed by atoms with Crippen LogP contribution in [-0.2, 0) is 0 Å². The van der Waals surface area contributed by atoms with Crippen LogP contribution in [0.4, 0.5) is 11.4 Å². The molecule has 5 nitrogen and oxygen atoms in total. The molecule has 0 unspecified atom stereocenters. The standard InChI is InChI=1S/C22H19ClN2O3/c1-27-20-11-7-18(8-12-20)24-15-25(19-9-13-21(28-2)14-10-19)22(26)16-3-5-17(23)6-4-16/h3-15H,1-2H3. The molecule has 0 spiro atoms. The molecular weight excluding hydrogens is 376 g/mol. The number of aliphatic imine (C=N–C) groups is 1. The fraction of sp³-hybridized carbons (Fsp3) is 0.0909. The van der Waals surface area contributed by atoms with E-state index in [4.69, 9.17) is 21.1 Å². The van der Waals surface area contributed by atoms with Crippen LogP contribution in [0.15, 0.2) is 77.8 Å². The van der Waals surface area contributed by atoms with E-state index in [1.165, 1.54) is 11.2 Å². The molecule has 3 aromatic rings. The summed E-state index contributed by atoms with van der Waals surface area (Å²) in [7, 11) is 3.20. The van der Waals surface area contributed by atoms with E-state index in [2.05, 4.69) is 4.99 Å². The molecule has 0 aromatic heterocycles. The van der Waals surface area contributed by atoms with Gasteiger partial charge in [0.25, 0.3) is 5.91 Å². The summed E-state index contributed by atoms with van der Waals surface area (Å²) in [4.78, 5) is 19.0. The second-order valence-electron chi connectivity index (χ2n) is 5.82. The first-order valence-corrected chi connectivity index (χ1v) is 8.90. The summed E-state index contributed by atoms with van der Waals surface area (Å²) in [6.45, 7) is 0. The van der Waals surface area contributed by atoms with Crippen molar-refractivity contribution in [1.82, 2.24) is 0 Å². The van der Waals surface area contributed by atoms with E-state index in [9.17, 15) is 4.79 Å². The van der Waals surface area contributed by atoms with Crippen LogP contribution in [-0.4, -0.2) is 26.5 Å². The molecule has 0 aliphatic heterocycles. The van der Waals surface area contributed by atoms with Crippen LogP contribution in [0, 0.1) is 0 Å². The van der Waals surface area contributed by atoms with Gasteiger partial charge < -0.3 is 9.47 Å². The lowest BCUT2D eigenvalue weighted by Gasteiger charge is -2.18. The van der Waals surface area contributed by atoms with Gasteiger partial charge in [-0.25, -0.2) is 4.99 Å². The van der Waals surface area contributed by atoms with Crippen LogP contribution < -0.4 is 14.4 Å². The van der Waals surface area contributed by atoms with Gasteiger partial charge in [-0.3, -0.25) is 9.69 Å². The van der Waals surface area contributed by atoms with E-state index in [1.54, 1.807) is 62.8 Å². The summed E-state index contributed by atoms with van der Waals surface area (Å²) in [6, 6.07) is 21.2. The largest absolute Gasteiger partial charge is 0.497 e. The molecule has 142 valence electrons. The number of nitrogens with zero attached hydrogens (tertiary/aromatic N) is 2. The van der Waals surface area contributed by atoms with E-state index in [1.807, 2.05) is 24.3 Å².